The van der Waals surface area contributed by atoms with Gasteiger partial charge in [-0.15, -0.1) is 0 Å². The van der Waals surface area contributed by atoms with Gasteiger partial charge in [0.15, 0.2) is 0 Å². The summed E-state index contributed by atoms with van der Waals surface area (Å²) < 4.78 is 11.7. The van der Waals surface area contributed by atoms with Crippen LogP contribution in [-0.4, -0.2) is 49.6 Å². The standard InChI is InChI=1S/C32H44N2O4/c1-24(2)22-27-23-38-29-14-7-5-10-25(29)12-8-9-17-32(31(36)33-27)18-20-34(21-19-32)30(35)16-15-26-11-4-6-13-28(26)37-3/h4-7,10-11,13-14,24,27H,8-9,12,15-23H2,1-3H3,(H,33,36)/t27-/m0/s1. The van der Waals surface area contributed by atoms with Crippen LogP contribution in [0.2, 0.25) is 0 Å². The maximum Gasteiger partial charge on any atom is 0.226 e. The minimum Gasteiger partial charge on any atom is -0.496 e. The van der Waals surface area contributed by atoms with Crippen LogP contribution in [-0.2, 0) is 22.4 Å². The van der Waals surface area contributed by atoms with E-state index < -0.39 is 5.41 Å². The van der Waals surface area contributed by atoms with Crippen LogP contribution in [0.4, 0.5) is 0 Å². The molecule has 0 aromatic heterocycles. The van der Waals surface area contributed by atoms with Crippen molar-refractivity contribution in [3.05, 3.63) is 59.7 Å². The van der Waals surface area contributed by atoms with Crippen LogP contribution in [0.15, 0.2) is 48.5 Å². The van der Waals surface area contributed by atoms with Crippen LogP contribution in [0.5, 0.6) is 11.5 Å². The average molecular weight is 521 g/mol. The van der Waals surface area contributed by atoms with E-state index in [-0.39, 0.29) is 17.9 Å². The highest BCUT2D eigenvalue weighted by Gasteiger charge is 2.42. The lowest BCUT2D eigenvalue weighted by Crippen LogP contribution is -2.53. The molecule has 1 spiro atoms. The Morgan fingerprint density at radius 2 is 1.82 bits per heavy atom. The lowest BCUT2D eigenvalue weighted by Gasteiger charge is -2.42. The largest absolute Gasteiger partial charge is 0.496 e. The van der Waals surface area contributed by atoms with Crippen LogP contribution in [0.25, 0.3) is 0 Å². The number of hydrogen-bond donors (Lipinski definition) is 1. The molecule has 1 atom stereocenters. The van der Waals surface area contributed by atoms with Crippen LogP contribution >= 0.6 is 0 Å². The van der Waals surface area contributed by atoms with Crippen LogP contribution in [0.3, 0.4) is 0 Å². The molecule has 1 saturated heterocycles. The second-order valence-corrected chi connectivity index (χ2v) is 11.4. The molecule has 0 aliphatic carbocycles. The molecule has 0 radical (unpaired) electrons. The highest BCUT2D eigenvalue weighted by molar-refractivity contribution is 5.84. The fourth-order valence-electron chi connectivity index (χ4n) is 5.98. The van der Waals surface area contributed by atoms with E-state index in [1.54, 1.807) is 7.11 Å². The summed E-state index contributed by atoms with van der Waals surface area (Å²) in [6.07, 6.45) is 7.23. The van der Waals surface area contributed by atoms with Gasteiger partial charge in [0, 0.05) is 19.5 Å². The van der Waals surface area contributed by atoms with E-state index in [2.05, 4.69) is 31.3 Å². The number of hydrogen-bond acceptors (Lipinski definition) is 4. The lowest BCUT2D eigenvalue weighted by molar-refractivity contribution is -0.141. The fourth-order valence-corrected chi connectivity index (χ4v) is 5.98. The van der Waals surface area contributed by atoms with Crippen molar-refractivity contribution < 1.29 is 19.1 Å². The predicted octanol–water partition coefficient (Wildman–Crippen LogP) is 5.57. The van der Waals surface area contributed by atoms with Crippen molar-refractivity contribution in [2.24, 2.45) is 11.3 Å². The number of nitrogens with one attached hydrogen (secondary N) is 1. The smallest absolute Gasteiger partial charge is 0.226 e. The fraction of sp³-hybridized carbons (Fsp3) is 0.562. The Bertz CT molecular complexity index is 1070. The van der Waals surface area contributed by atoms with Gasteiger partial charge in [0.1, 0.15) is 18.1 Å². The Balaban J connectivity index is 1.41. The first kappa shape index (κ1) is 28.0. The molecule has 2 aliphatic heterocycles. The van der Waals surface area contributed by atoms with E-state index in [4.69, 9.17) is 9.47 Å². The number of para-hydroxylation sites is 2. The minimum absolute atomic E-state index is 0.0348. The number of likely N-dealkylation sites (tertiary alicyclic amines) is 1. The summed E-state index contributed by atoms with van der Waals surface area (Å²) in [7, 11) is 1.66. The third-order valence-electron chi connectivity index (χ3n) is 8.21. The summed E-state index contributed by atoms with van der Waals surface area (Å²) in [5.74, 6) is 2.51. The van der Waals surface area contributed by atoms with Gasteiger partial charge in [-0.2, -0.15) is 0 Å². The molecule has 38 heavy (non-hydrogen) atoms. The predicted molar refractivity (Wildman–Crippen MR) is 150 cm³/mol. The number of aryl methyl sites for hydroxylation is 2. The molecule has 206 valence electrons. The van der Waals surface area contributed by atoms with E-state index in [1.807, 2.05) is 41.3 Å². The summed E-state index contributed by atoms with van der Waals surface area (Å²) in [5.41, 5.74) is 1.87. The summed E-state index contributed by atoms with van der Waals surface area (Å²) in [6.45, 7) is 6.10. The van der Waals surface area contributed by atoms with Crippen LogP contribution in [0.1, 0.15) is 69.9 Å². The summed E-state index contributed by atoms with van der Waals surface area (Å²) in [4.78, 5) is 28.9. The monoisotopic (exact) mass is 520 g/mol. The SMILES string of the molecule is COc1ccccc1CCC(=O)N1CCC2(CCCCc3ccccc3OC[C@H](CC(C)C)NC2=O)CC1. The zero-order valence-corrected chi connectivity index (χ0v) is 23.3. The zero-order chi connectivity index (χ0) is 27.0. The van der Waals surface area contributed by atoms with Crippen molar-refractivity contribution in [2.75, 3.05) is 26.8 Å². The number of piperidine rings is 1. The van der Waals surface area contributed by atoms with Crippen molar-refractivity contribution >= 4 is 11.8 Å². The van der Waals surface area contributed by atoms with Gasteiger partial charge in [0.25, 0.3) is 0 Å². The number of fused-ring (bicyclic) bond motifs is 1. The highest BCUT2D eigenvalue weighted by Crippen LogP contribution is 2.38. The van der Waals surface area contributed by atoms with E-state index in [0.717, 1.165) is 49.2 Å². The van der Waals surface area contributed by atoms with Crippen LogP contribution < -0.4 is 14.8 Å². The molecule has 4 rings (SSSR count). The van der Waals surface area contributed by atoms with Crippen molar-refractivity contribution in [3.63, 3.8) is 0 Å². The number of benzene rings is 2. The van der Waals surface area contributed by atoms with Gasteiger partial charge in [-0.05, 0) is 74.1 Å². The van der Waals surface area contributed by atoms with Gasteiger partial charge < -0.3 is 19.7 Å². The molecule has 2 heterocycles. The Kier molecular flexibility index (Phi) is 9.70. The quantitative estimate of drug-likeness (QED) is 0.541. The summed E-state index contributed by atoms with van der Waals surface area (Å²) in [6, 6.07) is 16.1. The maximum absolute atomic E-state index is 13.8. The molecule has 2 aromatic carbocycles. The molecule has 6 nitrogen and oxygen atoms in total. The average Bonchev–Trinajstić information content (AvgIpc) is 2.92. The van der Waals surface area contributed by atoms with Gasteiger partial charge >= 0.3 is 0 Å². The van der Waals surface area contributed by atoms with Gasteiger partial charge in [0.2, 0.25) is 11.8 Å². The molecular weight excluding hydrogens is 476 g/mol. The molecule has 1 N–H and O–H groups in total. The molecule has 0 unspecified atom stereocenters. The number of amides is 2. The van der Waals surface area contributed by atoms with Crippen molar-refractivity contribution in [3.8, 4) is 11.5 Å². The Hall–Kier alpha value is -3.02. The minimum atomic E-state index is -0.423. The molecule has 0 bridgehead atoms. The number of carbonyl (C=O) groups excluding carboxylic acids is 2. The third-order valence-corrected chi connectivity index (χ3v) is 8.21. The van der Waals surface area contributed by atoms with Gasteiger partial charge in [0.05, 0.1) is 18.6 Å². The molecule has 2 aromatic rings. The number of ether oxygens (including phenoxy) is 2. The molecule has 2 amide bonds. The molecule has 2 aliphatic rings. The van der Waals surface area contributed by atoms with Gasteiger partial charge in [-0.25, -0.2) is 0 Å². The number of methoxy groups -OCH3 is 1. The van der Waals surface area contributed by atoms with Crippen molar-refractivity contribution in [1.29, 1.82) is 0 Å². The maximum atomic E-state index is 13.8. The summed E-state index contributed by atoms with van der Waals surface area (Å²) >= 11 is 0. The first-order chi connectivity index (χ1) is 18.4. The first-order valence-electron chi connectivity index (χ1n) is 14.3. The lowest BCUT2D eigenvalue weighted by atomic mass is 9.73. The van der Waals surface area contributed by atoms with Gasteiger partial charge in [-0.3, -0.25) is 9.59 Å². The Morgan fingerprint density at radius 3 is 2.58 bits per heavy atom. The normalized spacial score (nSPS) is 20.1. The van der Waals surface area contributed by atoms with E-state index >= 15 is 0 Å². The zero-order valence-electron chi connectivity index (χ0n) is 23.3. The molecule has 6 heteroatoms. The second-order valence-electron chi connectivity index (χ2n) is 11.4. The van der Waals surface area contributed by atoms with E-state index in [1.165, 1.54) is 5.56 Å². The molecule has 1 fully saturated rings. The highest BCUT2D eigenvalue weighted by atomic mass is 16.5. The van der Waals surface area contributed by atoms with Gasteiger partial charge in [-0.1, -0.05) is 56.7 Å². The van der Waals surface area contributed by atoms with Crippen LogP contribution in [0, 0.1) is 11.3 Å². The first-order valence-corrected chi connectivity index (χ1v) is 14.3. The second kappa shape index (κ2) is 13.2. The molecular formula is C32H44N2O4. The Labute approximate surface area is 228 Å². The van der Waals surface area contributed by atoms with Crippen molar-refractivity contribution in [1.82, 2.24) is 10.2 Å². The van der Waals surface area contributed by atoms with E-state index in [9.17, 15) is 9.59 Å². The Morgan fingerprint density at radius 1 is 1.08 bits per heavy atom. The number of carbonyl (C=O) groups is 2. The summed E-state index contributed by atoms with van der Waals surface area (Å²) in [5, 5.41) is 3.38. The number of rotatable bonds is 6. The molecule has 0 saturated carbocycles. The van der Waals surface area contributed by atoms with Crippen molar-refractivity contribution in [2.45, 2.75) is 77.7 Å². The number of nitrogens with zero attached hydrogens (tertiary/aromatic N) is 1. The van der Waals surface area contributed by atoms with E-state index in [0.29, 0.717) is 51.3 Å². The third kappa shape index (κ3) is 7.09. The topological polar surface area (TPSA) is 67.9 Å².